The van der Waals surface area contributed by atoms with E-state index in [2.05, 4.69) is 9.88 Å². The van der Waals surface area contributed by atoms with E-state index in [1.54, 1.807) is 24.5 Å². The third-order valence-corrected chi connectivity index (χ3v) is 5.53. The second-order valence-corrected chi connectivity index (χ2v) is 7.11. The molecule has 0 N–H and O–H groups in total. The minimum Gasteiger partial charge on any atom is -0.337 e. The fourth-order valence-electron chi connectivity index (χ4n) is 3.94. The summed E-state index contributed by atoms with van der Waals surface area (Å²) >= 11 is 0. The van der Waals surface area contributed by atoms with Crippen molar-refractivity contribution in [1.82, 2.24) is 14.8 Å². The molecule has 3 heterocycles. The Morgan fingerprint density at radius 1 is 1.12 bits per heavy atom. The van der Waals surface area contributed by atoms with Crippen LogP contribution < -0.4 is 4.90 Å². The van der Waals surface area contributed by atoms with Gasteiger partial charge in [-0.15, -0.1) is 0 Å². The van der Waals surface area contributed by atoms with Gasteiger partial charge in [-0.2, -0.15) is 0 Å². The summed E-state index contributed by atoms with van der Waals surface area (Å²) < 4.78 is 0. The molecule has 2 amide bonds. The zero-order valence-corrected chi connectivity index (χ0v) is 14.8. The van der Waals surface area contributed by atoms with Crippen LogP contribution in [0.2, 0.25) is 0 Å². The van der Waals surface area contributed by atoms with Crippen LogP contribution in [-0.2, 0) is 4.79 Å². The van der Waals surface area contributed by atoms with Gasteiger partial charge in [0.25, 0.3) is 5.91 Å². The van der Waals surface area contributed by atoms with Crippen LogP contribution in [0.3, 0.4) is 0 Å². The molecule has 2 aliphatic heterocycles. The minimum absolute atomic E-state index is 0.00605. The molecule has 0 saturated carbocycles. The number of hydrogen-bond acceptors (Lipinski definition) is 4. The molecule has 6 nitrogen and oxygen atoms in total. The highest BCUT2D eigenvalue weighted by Gasteiger charge is 2.48. The molecule has 6 heteroatoms. The Morgan fingerprint density at radius 2 is 1.92 bits per heavy atom. The summed E-state index contributed by atoms with van der Waals surface area (Å²) in [4.78, 5) is 35.3. The molecule has 0 aliphatic carbocycles. The lowest BCUT2D eigenvalue weighted by molar-refractivity contribution is -0.123. The third kappa shape index (κ3) is 2.86. The fourth-order valence-corrected chi connectivity index (χ4v) is 3.94. The van der Waals surface area contributed by atoms with Crippen LogP contribution in [0.25, 0.3) is 0 Å². The number of hydrogen-bond donors (Lipinski definition) is 0. The number of carbonyl (C=O) groups is 2. The largest absolute Gasteiger partial charge is 0.337 e. The lowest BCUT2D eigenvalue weighted by Crippen LogP contribution is -2.64. The van der Waals surface area contributed by atoms with E-state index >= 15 is 0 Å². The quantitative estimate of drug-likeness (QED) is 0.826. The first kappa shape index (κ1) is 16.7. The molecule has 0 radical (unpaired) electrons. The number of benzene rings is 1. The normalized spacial score (nSPS) is 23.7. The van der Waals surface area contributed by atoms with Crippen LogP contribution in [0.1, 0.15) is 16.8 Å². The maximum atomic E-state index is 12.8. The second-order valence-electron chi connectivity index (χ2n) is 7.11. The maximum absolute atomic E-state index is 12.8. The predicted molar refractivity (Wildman–Crippen MR) is 98.9 cm³/mol. The van der Waals surface area contributed by atoms with E-state index in [1.165, 1.54) is 0 Å². The van der Waals surface area contributed by atoms with Gasteiger partial charge in [-0.25, -0.2) is 0 Å². The van der Waals surface area contributed by atoms with Gasteiger partial charge in [-0.05, 0) is 37.7 Å². The molecule has 1 aromatic carbocycles. The Labute approximate surface area is 153 Å². The second kappa shape index (κ2) is 6.53. The molecule has 2 aromatic rings. The van der Waals surface area contributed by atoms with Gasteiger partial charge in [-0.1, -0.05) is 18.2 Å². The molecule has 0 bridgehead atoms. The van der Waals surface area contributed by atoms with Crippen LogP contribution in [0.4, 0.5) is 5.69 Å². The van der Waals surface area contributed by atoms with E-state index in [0.29, 0.717) is 31.7 Å². The molecule has 2 aliphatic rings. The number of carbonyl (C=O) groups excluding carboxylic acids is 2. The minimum atomic E-state index is -0.207. The van der Waals surface area contributed by atoms with Gasteiger partial charge in [0.05, 0.1) is 17.6 Å². The summed E-state index contributed by atoms with van der Waals surface area (Å²) in [5.74, 6) is 0.105. The lowest BCUT2D eigenvalue weighted by Gasteiger charge is -2.46. The van der Waals surface area contributed by atoms with E-state index in [4.69, 9.17) is 0 Å². The van der Waals surface area contributed by atoms with E-state index in [1.807, 2.05) is 47.2 Å². The van der Waals surface area contributed by atoms with Gasteiger partial charge >= 0.3 is 0 Å². The van der Waals surface area contributed by atoms with Gasteiger partial charge in [-0.3, -0.25) is 19.5 Å². The van der Waals surface area contributed by atoms with Crippen LogP contribution in [0, 0.1) is 0 Å². The Bertz CT molecular complexity index is 811. The smallest absolute Gasteiger partial charge is 0.255 e. The molecule has 134 valence electrons. The predicted octanol–water partition coefficient (Wildman–Crippen LogP) is 1.64. The number of rotatable bonds is 2. The highest BCUT2D eigenvalue weighted by Crippen LogP contribution is 2.33. The third-order valence-electron chi connectivity index (χ3n) is 5.53. The van der Waals surface area contributed by atoms with Crippen molar-refractivity contribution in [3.63, 3.8) is 0 Å². The number of likely N-dealkylation sites (tertiary alicyclic amines) is 1. The van der Waals surface area contributed by atoms with Crippen molar-refractivity contribution in [1.29, 1.82) is 0 Å². The van der Waals surface area contributed by atoms with Crippen LogP contribution in [0.15, 0.2) is 54.9 Å². The highest BCUT2D eigenvalue weighted by atomic mass is 16.2. The molecule has 2 fully saturated rings. The SMILES string of the molecule is CN1CC(=O)N(c2ccccc2)CC12CCN(C(=O)c1cccnc1)C2. The average Bonchev–Trinajstić information content (AvgIpc) is 3.11. The van der Waals surface area contributed by atoms with Gasteiger partial charge in [0.15, 0.2) is 0 Å². The van der Waals surface area contributed by atoms with Crippen molar-refractivity contribution in [3.05, 3.63) is 60.4 Å². The monoisotopic (exact) mass is 350 g/mol. The average molecular weight is 350 g/mol. The number of para-hydroxylation sites is 1. The number of nitrogens with zero attached hydrogens (tertiary/aromatic N) is 4. The first-order chi connectivity index (χ1) is 12.6. The van der Waals surface area contributed by atoms with Crippen LogP contribution in [0.5, 0.6) is 0 Å². The first-order valence-corrected chi connectivity index (χ1v) is 8.85. The van der Waals surface area contributed by atoms with Crippen molar-refractivity contribution in [2.75, 3.05) is 38.1 Å². The number of anilines is 1. The summed E-state index contributed by atoms with van der Waals surface area (Å²) in [6.45, 7) is 2.27. The van der Waals surface area contributed by atoms with Crippen molar-refractivity contribution in [2.24, 2.45) is 0 Å². The Hall–Kier alpha value is -2.73. The van der Waals surface area contributed by atoms with Crippen LogP contribution >= 0.6 is 0 Å². The molecule has 26 heavy (non-hydrogen) atoms. The number of amides is 2. The van der Waals surface area contributed by atoms with Gasteiger partial charge in [0.2, 0.25) is 5.91 Å². The van der Waals surface area contributed by atoms with Gasteiger partial charge in [0, 0.05) is 37.7 Å². The Kier molecular flexibility index (Phi) is 4.20. The summed E-state index contributed by atoms with van der Waals surface area (Å²) in [5.41, 5.74) is 1.32. The number of pyridine rings is 1. The summed E-state index contributed by atoms with van der Waals surface area (Å²) in [6.07, 6.45) is 4.13. The van der Waals surface area contributed by atoms with Crippen molar-refractivity contribution in [3.8, 4) is 0 Å². The molecular weight excluding hydrogens is 328 g/mol. The molecule has 1 atom stereocenters. The number of likely N-dealkylation sites (N-methyl/N-ethyl adjacent to an activating group) is 1. The molecule has 1 unspecified atom stereocenters. The lowest BCUT2D eigenvalue weighted by atomic mass is 9.92. The topological polar surface area (TPSA) is 56.8 Å². The summed E-state index contributed by atoms with van der Waals surface area (Å²) in [6, 6.07) is 13.3. The highest BCUT2D eigenvalue weighted by molar-refractivity contribution is 5.96. The fraction of sp³-hybridized carbons (Fsp3) is 0.350. The molecule has 4 rings (SSSR count). The first-order valence-electron chi connectivity index (χ1n) is 8.85. The van der Waals surface area contributed by atoms with Crippen molar-refractivity contribution in [2.45, 2.75) is 12.0 Å². The standard InChI is InChI=1S/C20H22N4O2/c1-22-13-18(25)24(17-7-3-2-4-8-17)15-20(22)9-11-23(14-20)19(26)16-6-5-10-21-12-16/h2-8,10,12H,9,11,13-15H2,1H3. The van der Waals surface area contributed by atoms with Crippen molar-refractivity contribution < 1.29 is 9.59 Å². The number of aromatic nitrogens is 1. The zero-order chi connectivity index (χ0) is 18.1. The summed E-state index contributed by atoms with van der Waals surface area (Å²) in [5, 5.41) is 0. The zero-order valence-electron chi connectivity index (χ0n) is 14.8. The van der Waals surface area contributed by atoms with E-state index < -0.39 is 0 Å². The van der Waals surface area contributed by atoms with E-state index in [-0.39, 0.29) is 17.4 Å². The Balaban J connectivity index is 1.56. The number of piperazine rings is 1. The maximum Gasteiger partial charge on any atom is 0.255 e. The Morgan fingerprint density at radius 3 is 2.65 bits per heavy atom. The molecule has 2 saturated heterocycles. The summed E-state index contributed by atoms with van der Waals surface area (Å²) in [7, 11) is 1.98. The van der Waals surface area contributed by atoms with E-state index in [0.717, 1.165) is 12.1 Å². The van der Waals surface area contributed by atoms with Gasteiger partial charge < -0.3 is 9.80 Å². The molecular formula is C20H22N4O2. The van der Waals surface area contributed by atoms with Crippen molar-refractivity contribution >= 4 is 17.5 Å². The van der Waals surface area contributed by atoms with Crippen LogP contribution in [-0.4, -0.2) is 65.4 Å². The van der Waals surface area contributed by atoms with Gasteiger partial charge in [0.1, 0.15) is 0 Å². The van der Waals surface area contributed by atoms with E-state index in [9.17, 15) is 9.59 Å². The molecule has 1 aromatic heterocycles. The molecule has 1 spiro atoms.